The fourth-order valence-corrected chi connectivity index (χ4v) is 2.41. The first-order chi connectivity index (χ1) is 12.9. The van der Waals surface area contributed by atoms with Crippen LogP contribution in [-0.2, 0) is 4.79 Å². The molecule has 8 heteroatoms. The van der Waals surface area contributed by atoms with E-state index in [9.17, 15) is 4.79 Å². The first-order valence-electron chi connectivity index (χ1n) is 8.25. The summed E-state index contributed by atoms with van der Waals surface area (Å²) in [5.41, 5.74) is 6.91. The van der Waals surface area contributed by atoms with Gasteiger partial charge in [0.05, 0.1) is 19.9 Å². The van der Waals surface area contributed by atoms with Crippen LogP contribution in [0.25, 0.3) is 0 Å². The molecule has 0 bridgehead atoms. The van der Waals surface area contributed by atoms with Crippen molar-refractivity contribution in [3.8, 4) is 17.2 Å². The molecule has 0 saturated heterocycles. The van der Waals surface area contributed by atoms with Gasteiger partial charge in [-0.1, -0.05) is 18.2 Å². The van der Waals surface area contributed by atoms with E-state index in [0.29, 0.717) is 22.9 Å². The van der Waals surface area contributed by atoms with Gasteiger partial charge in [0.25, 0.3) is 5.91 Å². The average molecular weight is 389 g/mol. The average Bonchev–Trinajstić information content (AvgIpc) is 2.66. The fourth-order valence-electron chi connectivity index (χ4n) is 2.25. The molecule has 1 atom stereocenters. The Kier molecular flexibility index (Phi) is 7.25. The standard InChI is InChI=1S/C19H23N3O4S/c1-12-9-10-15(24-3)14(11-12)20-19(27)22-21-18(23)13(2)26-17-8-6-5-7-16(17)25-4/h5-11,13H,1-4H3,(H,21,23)(H2,20,22,27)/t13-/m0/s1. The number of amides is 1. The predicted octanol–water partition coefficient (Wildman–Crippen LogP) is 2.80. The SMILES string of the molecule is COc1ccc(C)cc1NC(=S)NNC(=O)[C@H](C)Oc1ccccc1OC. The molecule has 7 nitrogen and oxygen atoms in total. The third-order valence-corrected chi connectivity index (χ3v) is 3.85. The summed E-state index contributed by atoms with van der Waals surface area (Å²) in [5, 5.41) is 3.20. The highest BCUT2D eigenvalue weighted by molar-refractivity contribution is 7.80. The Labute approximate surface area is 164 Å². The van der Waals surface area contributed by atoms with Crippen LogP contribution in [0.5, 0.6) is 17.2 Å². The number of ether oxygens (including phenoxy) is 3. The Hall–Kier alpha value is -3.00. The van der Waals surface area contributed by atoms with Crippen molar-refractivity contribution in [2.75, 3.05) is 19.5 Å². The van der Waals surface area contributed by atoms with Gasteiger partial charge in [-0.2, -0.15) is 0 Å². The van der Waals surface area contributed by atoms with Gasteiger partial charge >= 0.3 is 0 Å². The first kappa shape index (κ1) is 20.3. The van der Waals surface area contributed by atoms with Gasteiger partial charge in [-0.3, -0.25) is 15.6 Å². The first-order valence-corrected chi connectivity index (χ1v) is 8.66. The van der Waals surface area contributed by atoms with Crippen molar-refractivity contribution in [3.05, 3.63) is 48.0 Å². The maximum absolute atomic E-state index is 12.2. The second kappa shape index (κ2) is 9.63. The number of benzene rings is 2. The lowest BCUT2D eigenvalue weighted by molar-refractivity contribution is -0.127. The second-order valence-electron chi connectivity index (χ2n) is 5.68. The molecule has 0 aromatic heterocycles. The molecule has 0 spiro atoms. The molecule has 0 aliphatic carbocycles. The lowest BCUT2D eigenvalue weighted by Crippen LogP contribution is -2.48. The molecule has 0 heterocycles. The van der Waals surface area contributed by atoms with Crippen LogP contribution in [-0.4, -0.2) is 31.3 Å². The molecule has 0 fully saturated rings. The van der Waals surface area contributed by atoms with Crippen molar-refractivity contribution < 1.29 is 19.0 Å². The molecule has 0 aliphatic heterocycles. The number of nitrogens with one attached hydrogen (secondary N) is 3. The van der Waals surface area contributed by atoms with Crippen LogP contribution in [0.1, 0.15) is 12.5 Å². The van der Waals surface area contributed by atoms with Crippen molar-refractivity contribution >= 4 is 28.9 Å². The van der Waals surface area contributed by atoms with Gasteiger partial charge in [-0.05, 0) is 55.9 Å². The highest BCUT2D eigenvalue weighted by Crippen LogP contribution is 2.27. The summed E-state index contributed by atoms with van der Waals surface area (Å²) < 4.78 is 16.1. The number of hydrogen-bond acceptors (Lipinski definition) is 5. The number of rotatable bonds is 6. The van der Waals surface area contributed by atoms with E-state index in [-0.39, 0.29) is 11.0 Å². The third kappa shape index (κ3) is 5.75. The number of anilines is 1. The monoisotopic (exact) mass is 389 g/mol. The molecule has 3 N–H and O–H groups in total. The Morgan fingerprint density at radius 2 is 1.67 bits per heavy atom. The van der Waals surface area contributed by atoms with E-state index in [1.807, 2.05) is 31.2 Å². The maximum atomic E-state index is 12.2. The van der Waals surface area contributed by atoms with Crippen molar-refractivity contribution in [3.63, 3.8) is 0 Å². The summed E-state index contributed by atoms with van der Waals surface area (Å²) in [6.45, 7) is 3.59. The Balaban J connectivity index is 1.89. The molecular formula is C19H23N3O4S. The topological polar surface area (TPSA) is 80.9 Å². The zero-order chi connectivity index (χ0) is 19.8. The number of methoxy groups -OCH3 is 2. The van der Waals surface area contributed by atoms with Crippen LogP contribution >= 0.6 is 12.2 Å². The number of carbonyl (C=O) groups excluding carboxylic acids is 1. The van der Waals surface area contributed by atoms with Crippen molar-refractivity contribution in [2.45, 2.75) is 20.0 Å². The zero-order valence-corrected chi connectivity index (χ0v) is 16.5. The number of hydrazine groups is 1. The largest absolute Gasteiger partial charge is 0.495 e. The lowest BCUT2D eigenvalue weighted by Gasteiger charge is -2.18. The molecule has 2 aromatic carbocycles. The molecule has 2 rings (SSSR count). The molecule has 144 valence electrons. The molecule has 1 amide bonds. The summed E-state index contributed by atoms with van der Waals surface area (Å²) in [6.07, 6.45) is -0.759. The van der Waals surface area contributed by atoms with Gasteiger partial charge in [0.15, 0.2) is 22.7 Å². The minimum absolute atomic E-state index is 0.219. The summed E-state index contributed by atoms with van der Waals surface area (Å²) in [7, 11) is 3.11. The van der Waals surface area contributed by atoms with Gasteiger partial charge in [0.2, 0.25) is 0 Å². The molecule has 0 unspecified atom stereocenters. The Morgan fingerprint density at radius 1 is 1.00 bits per heavy atom. The smallest absolute Gasteiger partial charge is 0.279 e. The normalized spacial score (nSPS) is 11.1. The van der Waals surface area contributed by atoms with E-state index in [2.05, 4.69) is 16.2 Å². The van der Waals surface area contributed by atoms with E-state index < -0.39 is 6.10 Å². The van der Waals surface area contributed by atoms with E-state index in [1.165, 1.54) is 7.11 Å². The molecule has 0 saturated carbocycles. The maximum Gasteiger partial charge on any atom is 0.279 e. The van der Waals surface area contributed by atoms with E-state index in [1.54, 1.807) is 32.2 Å². The quantitative estimate of drug-likeness (QED) is 0.518. The van der Waals surface area contributed by atoms with Gasteiger partial charge in [0, 0.05) is 0 Å². The van der Waals surface area contributed by atoms with E-state index >= 15 is 0 Å². The second-order valence-corrected chi connectivity index (χ2v) is 6.09. The minimum atomic E-state index is -0.759. The van der Waals surface area contributed by atoms with Crippen LogP contribution in [0.2, 0.25) is 0 Å². The third-order valence-electron chi connectivity index (χ3n) is 3.64. The van der Waals surface area contributed by atoms with Gasteiger partial charge in [0.1, 0.15) is 5.75 Å². The van der Waals surface area contributed by atoms with Crippen molar-refractivity contribution in [2.24, 2.45) is 0 Å². The molecular weight excluding hydrogens is 366 g/mol. The van der Waals surface area contributed by atoms with Gasteiger partial charge in [-0.25, -0.2) is 0 Å². The van der Waals surface area contributed by atoms with E-state index in [4.69, 9.17) is 26.4 Å². The molecule has 0 radical (unpaired) electrons. The molecule has 2 aromatic rings. The van der Waals surface area contributed by atoms with Crippen LogP contribution in [0.4, 0.5) is 5.69 Å². The Morgan fingerprint density at radius 3 is 2.33 bits per heavy atom. The molecule has 0 aliphatic rings. The summed E-state index contributed by atoms with van der Waals surface area (Å²) >= 11 is 5.21. The summed E-state index contributed by atoms with van der Waals surface area (Å²) in [6, 6.07) is 12.8. The lowest BCUT2D eigenvalue weighted by atomic mass is 10.2. The minimum Gasteiger partial charge on any atom is -0.495 e. The number of thiocarbonyl (C=S) groups is 1. The van der Waals surface area contributed by atoms with Gasteiger partial charge < -0.3 is 19.5 Å². The zero-order valence-electron chi connectivity index (χ0n) is 15.7. The van der Waals surface area contributed by atoms with Crippen LogP contribution in [0.3, 0.4) is 0 Å². The van der Waals surface area contributed by atoms with Gasteiger partial charge in [-0.15, -0.1) is 0 Å². The summed E-state index contributed by atoms with van der Waals surface area (Å²) in [5.74, 6) is 1.28. The number of hydrogen-bond donors (Lipinski definition) is 3. The molecule has 27 heavy (non-hydrogen) atoms. The van der Waals surface area contributed by atoms with Crippen LogP contribution < -0.4 is 30.4 Å². The van der Waals surface area contributed by atoms with E-state index in [0.717, 1.165) is 5.56 Å². The highest BCUT2D eigenvalue weighted by Gasteiger charge is 2.17. The predicted molar refractivity (Wildman–Crippen MR) is 108 cm³/mol. The number of aryl methyl sites for hydroxylation is 1. The van der Waals surface area contributed by atoms with Crippen molar-refractivity contribution in [1.82, 2.24) is 10.9 Å². The fraction of sp³-hybridized carbons (Fsp3) is 0.263. The number of para-hydroxylation sites is 2. The van der Waals surface area contributed by atoms with Crippen molar-refractivity contribution in [1.29, 1.82) is 0 Å². The van der Waals surface area contributed by atoms with Crippen LogP contribution in [0, 0.1) is 6.92 Å². The Bertz CT molecular complexity index is 813. The van der Waals surface area contributed by atoms with Crippen LogP contribution in [0.15, 0.2) is 42.5 Å². The highest BCUT2D eigenvalue weighted by atomic mass is 32.1. The summed E-state index contributed by atoms with van der Waals surface area (Å²) in [4.78, 5) is 12.2. The number of carbonyl (C=O) groups is 1.